The summed E-state index contributed by atoms with van der Waals surface area (Å²) in [5.41, 5.74) is -1.08. The van der Waals surface area contributed by atoms with Crippen LogP contribution in [0.3, 0.4) is 0 Å². The highest BCUT2D eigenvalue weighted by molar-refractivity contribution is 4.63. The number of nitrogens with one attached hydrogen (secondary N) is 1. The average molecular weight is 133 g/mol. The fourth-order valence-corrected chi connectivity index (χ4v) is 0.334. The first-order valence-electron chi connectivity index (χ1n) is 1.98. The van der Waals surface area contributed by atoms with Gasteiger partial charge in [-0.1, -0.05) is 0 Å². The van der Waals surface area contributed by atoms with E-state index in [4.69, 9.17) is 0 Å². The lowest BCUT2D eigenvalue weighted by molar-refractivity contribution is 0.447. The van der Waals surface area contributed by atoms with Crippen LogP contribution in [0.2, 0.25) is 0 Å². The van der Waals surface area contributed by atoms with E-state index in [1.54, 1.807) is 0 Å². The molecule has 1 rings (SSSR count). The monoisotopic (exact) mass is 133 g/mol. The number of hydrogen-bond donors (Lipinski definition) is 1. The minimum absolute atomic E-state index is 1.08. The molecule has 0 aliphatic heterocycles. The zero-order chi connectivity index (χ0) is 6.85. The normalized spacial score (nSPS) is 9.56. The van der Waals surface area contributed by atoms with Crippen molar-refractivity contribution in [1.82, 2.24) is 15.0 Å². The molecule has 0 aliphatic rings. The Kier molecular flexibility index (Phi) is 1.21. The molecule has 1 aromatic rings. The maximum atomic E-state index is 11.8. The van der Waals surface area contributed by atoms with Crippen LogP contribution in [0.5, 0.6) is 0 Å². The fourth-order valence-electron chi connectivity index (χ4n) is 0.334. The van der Waals surface area contributed by atoms with Crippen molar-refractivity contribution in [1.29, 1.82) is 0 Å². The molecule has 1 aromatic heterocycles. The standard InChI is InChI=1S/C3HF2N3O/c4-1-6-2(5)8-3(9)7-1/h(H,6,7,8,9). The van der Waals surface area contributed by atoms with E-state index in [1.807, 2.05) is 0 Å². The molecule has 0 spiro atoms. The molecular weight excluding hydrogens is 132 g/mol. The number of H-pyrrole nitrogens is 1. The Morgan fingerprint density at radius 3 is 2.44 bits per heavy atom. The Bertz CT molecular complexity index is 247. The lowest BCUT2D eigenvalue weighted by Gasteiger charge is -1.83. The third-order valence-electron chi connectivity index (χ3n) is 0.594. The summed E-state index contributed by atoms with van der Waals surface area (Å²) >= 11 is 0. The molecule has 0 bridgehead atoms. The molecule has 0 atom stereocenters. The van der Waals surface area contributed by atoms with Gasteiger partial charge in [0.1, 0.15) is 0 Å². The van der Waals surface area contributed by atoms with Crippen LogP contribution >= 0.6 is 0 Å². The van der Waals surface area contributed by atoms with E-state index >= 15 is 0 Å². The number of rotatable bonds is 0. The van der Waals surface area contributed by atoms with E-state index in [2.05, 4.69) is 9.97 Å². The van der Waals surface area contributed by atoms with Gasteiger partial charge < -0.3 is 0 Å². The molecule has 48 valence electrons. The molecule has 0 fully saturated rings. The Labute approximate surface area is 47.6 Å². The molecule has 0 unspecified atom stereocenters. The summed E-state index contributed by atoms with van der Waals surface area (Å²) < 4.78 is 23.5. The molecule has 0 saturated carbocycles. The molecule has 0 saturated heterocycles. The van der Waals surface area contributed by atoms with Gasteiger partial charge in [0.25, 0.3) is 6.08 Å². The summed E-state index contributed by atoms with van der Waals surface area (Å²) in [6, 6.07) is 0. The minimum Gasteiger partial charge on any atom is -0.266 e. The van der Waals surface area contributed by atoms with Crippen LogP contribution < -0.4 is 5.69 Å². The van der Waals surface area contributed by atoms with Crippen molar-refractivity contribution in [3.8, 4) is 0 Å². The third kappa shape index (κ3) is 1.28. The van der Waals surface area contributed by atoms with Gasteiger partial charge in [-0.05, 0) is 0 Å². The Balaban J connectivity index is 3.33. The minimum atomic E-state index is -1.36. The Morgan fingerprint density at radius 1 is 1.33 bits per heavy atom. The van der Waals surface area contributed by atoms with Crippen molar-refractivity contribution < 1.29 is 8.78 Å². The average Bonchev–Trinajstić information content (AvgIpc) is 1.59. The van der Waals surface area contributed by atoms with Crippen LogP contribution in [0.15, 0.2) is 4.79 Å². The highest BCUT2D eigenvalue weighted by Crippen LogP contribution is 1.80. The zero-order valence-corrected chi connectivity index (χ0v) is 4.06. The van der Waals surface area contributed by atoms with E-state index in [0.717, 1.165) is 0 Å². The topological polar surface area (TPSA) is 58.6 Å². The highest BCUT2D eigenvalue weighted by Gasteiger charge is 1.97. The molecular formula is C3HF2N3O. The zero-order valence-electron chi connectivity index (χ0n) is 4.06. The number of aromatic amines is 1. The number of halogens is 2. The number of hydrogen-bond acceptors (Lipinski definition) is 3. The van der Waals surface area contributed by atoms with Crippen LogP contribution in [0, 0.1) is 12.2 Å². The maximum Gasteiger partial charge on any atom is 0.352 e. The van der Waals surface area contributed by atoms with E-state index in [-0.39, 0.29) is 0 Å². The van der Waals surface area contributed by atoms with Crippen molar-refractivity contribution in [3.05, 3.63) is 22.6 Å². The van der Waals surface area contributed by atoms with Gasteiger partial charge in [-0.25, -0.2) is 4.79 Å². The summed E-state index contributed by atoms with van der Waals surface area (Å²) in [5.74, 6) is 0. The quantitative estimate of drug-likeness (QED) is 0.516. The van der Waals surface area contributed by atoms with Gasteiger partial charge in [-0.3, -0.25) is 4.98 Å². The Morgan fingerprint density at radius 2 is 2.00 bits per heavy atom. The molecule has 0 aromatic carbocycles. The van der Waals surface area contributed by atoms with Crippen LogP contribution in [0.4, 0.5) is 8.78 Å². The molecule has 6 heteroatoms. The van der Waals surface area contributed by atoms with Crippen LogP contribution in [-0.4, -0.2) is 15.0 Å². The first-order chi connectivity index (χ1) is 4.18. The van der Waals surface area contributed by atoms with Gasteiger partial charge in [0.15, 0.2) is 0 Å². The molecule has 9 heavy (non-hydrogen) atoms. The third-order valence-corrected chi connectivity index (χ3v) is 0.594. The van der Waals surface area contributed by atoms with Crippen molar-refractivity contribution >= 4 is 0 Å². The molecule has 0 aliphatic carbocycles. The first kappa shape index (κ1) is 5.80. The van der Waals surface area contributed by atoms with E-state index in [9.17, 15) is 13.6 Å². The molecule has 0 radical (unpaired) electrons. The number of nitrogens with zero attached hydrogens (tertiary/aromatic N) is 2. The van der Waals surface area contributed by atoms with Crippen molar-refractivity contribution in [3.63, 3.8) is 0 Å². The lowest BCUT2D eigenvalue weighted by Crippen LogP contribution is -2.15. The van der Waals surface area contributed by atoms with Gasteiger partial charge in [-0.15, -0.1) is 4.98 Å². The molecule has 1 N–H and O–H groups in total. The highest BCUT2D eigenvalue weighted by atomic mass is 19.1. The second-order valence-corrected chi connectivity index (χ2v) is 1.21. The largest absolute Gasteiger partial charge is 0.352 e. The predicted octanol–water partition coefficient (Wildman–Crippen LogP) is -0.557. The fraction of sp³-hybridized carbons (Fsp3) is 0. The van der Waals surface area contributed by atoms with Crippen LogP contribution in [-0.2, 0) is 0 Å². The first-order valence-corrected chi connectivity index (χ1v) is 1.98. The van der Waals surface area contributed by atoms with Crippen molar-refractivity contribution in [2.24, 2.45) is 0 Å². The summed E-state index contributed by atoms with van der Waals surface area (Å²) in [6.45, 7) is 0. The summed E-state index contributed by atoms with van der Waals surface area (Å²) in [7, 11) is 0. The second kappa shape index (κ2) is 1.88. The van der Waals surface area contributed by atoms with Gasteiger partial charge in [0, 0.05) is 0 Å². The van der Waals surface area contributed by atoms with Gasteiger partial charge in [-0.2, -0.15) is 13.8 Å². The smallest absolute Gasteiger partial charge is 0.266 e. The summed E-state index contributed by atoms with van der Waals surface area (Å²) in [6.07, 6.45) is -2.64. The molecule has 0 amide bonds. The van der Waals surface area contributed by atoms with Gasteiger partial charge >= 0.3 is 11.8 Å². The number of aromatic nitrogens is 3. The van der Waals surface area contributed by atoms with Gasteiger partial charge in [0.05, 0.1) is 0 Å². The summed E-state index contributed by atoms with van der Waals surface area (Å²) in [5, 5.41) is 0. The van der Waals surface area contributed by atoms with Gasteiger partial charge in [0.2, 0.25) is 0 Å². The predicted molar refractivity (Wildman–Crippen MR) is 22.6 cm³/mol. The van der Waals surface area contributed by atoms with Crippen LogP contribution in [0.1, 0.15) is 0 Å². The molecule has 1 heterocycles. The van der Waals surface area contributed by atoms with Crippen LogP contribution in [0.25, 0.3) is 0 Å². The molecule has 4 nitrogen and oxygen atoms in total. The van der Waals surface area contributed by atoms with Crippen molar-refractivity contribution in [2.45, 2.75) is 0 Å². The lowest BCUT2D eigenvalue weighted by atomic mass is 11.0. The van der Waals surface area contributed by atoms with E-state index in [0.29, 0.717) is 0 Å². The second-order valence-electron chi connectivity index (χ2n) is 1.21. The van der Waals surface area contributed by atoms with E-state index < -0.39 is 17.8 Å². The maximum absolute atomic E-state index is 11.8. The SMILES string of the molecule is O=c1nc(F)nc(F)[nH]1. The van der Waals surface area contributed by atoms with E-state index in [1.165, 1.54) is 4.98 Å². The summed E-state index contributed by atoms with van der Waals surface area (Å²) in [4.78, 5) is 16.7. The Hall–Kier alpha value is -1.33. The van der Waals surface area contributed by atoms with Crippen molar-refractivity contribution in [2.75, 3.05) is 0 Å².